The summed E-state index contributed by atoms with van der Waals surface area (Å²) in [4.78, 5) is 16.4. The first-order valence-electron chi connectivity index (χ1n) is 8.95. The lowest BCUT2D eigenvalue weighted by Crippen LogP contribution is -2.61. The molecule has 1 amide bonds. The average Bonchev–Trinajstić information content (AvgIpc) is 2.59. The van der Waals surface area contributed by atoms with Crippen LogP contribution in [0.15, 0.2) is 24.3 Å². The van der Waals surface area contributed by atoms with Crippen LogP contribution < -0.4 is 0 Å². The summed E-state index contributed by atoms with van der Waals surface area (Å²) in [6.45, 7) is 8.06. The van der Waals surface area contributed by atoms with Crippen molar-refractivity contribution in [2.75, 3.05) is 32.7 Å². The molecule has 2 saturated heterocycles. The van der Waals surface area contributed by atoms with Crippen molar-refractivity contribution in [1.29, 1.82) is 0 Å². The second kappa shape index (κ2) is 7.19. The summed E-state index contributed by atoms with van der Waals surface area (Å²) in [5.41, 5.74) is 0.584. The third kappa shape index (κ3) is 3.62. The molecule has 5 heteroatoms. The average molecular weight is 334 g/mol. The van der Waals surface area contributed by atoms with Crippen molar-refractivity contribution in [2.24, 2.45) is 0 Å². The lowest BCUT2D eigenvalue weighted by Gasteiger charge is -2.49. The molecule has 1 atom stereocenters. The Kier molecular flexibility index (Phi) is 5.21. The Morgan fingerprint density at radius 2 is 2.00 bits per heavy atom. The first kappa shape index (κ1) is 17.4. The zero-order valence-electron chi connectivity index (χ0n) is 14.6. The zero-order chi connectivity index (χ0) is 17.2. The number of hydrogen-bond acceptors (Lipinski definition) is 3. The van der Waals surface area contributed by atoms with Gasteiger partial charge < -0.3 is 14.5 Å². The molecule has 0 unspecified atom stereocenters. The van der Waals surface area contributed by atoms with Gasteiger partial charge in [0.1, 0.15) is 11.9 Å². The summed E-state index contributed by atoms with van der Waals surface area (Å²) in [5.74, 6) is -0.0161. The predicted octanol–water partition coefficient (Wildman–Crippen LogP) is 2.47. The molecule has 0 saturated carbocycles. The van der Waals surface area contributed by atoms with Gasteiger partial charge in [-0.3, -0.25) is 4.79 Å². The molecule has 0 radical (unpaired) electrons. The maximum atomic E-state index is 13.7. The maximum Gasteiger partial charge on any atom is 0.251 e. The Labute approximate surface area is 143 Å². The predicted molar refractivity (Wildman–Crippen MR) is 91.3 cm³/mol. The highest BCUT2D eigenvalue weighted by Gasteiger charge is 2.44. The number of hydrogen-bond donors (Lipinski definition) is 0. The van der Waals surface area contributed by atoms with Gasteiger partial charge in [-0.25, -0.2) is 4.39 Å². The quantitative estimate of drug-likeness (QED) is 0.848. The Morgan fingerprint density at radius 3 is 2.67 bits per heavy atom. The second-order valence-corrected chi connectivity index (χ2v) is 6.98. The van der Waals surface area contributed by atoms with Crippen LogP contribution in [-0.2, 0) is 16.0 Å². The highest BCUT2D eigenvalue weighted by Crippen LogP contribution is 2.32. The topological polar surface area (TPSA) is 32.8 Å². The summed E-state index contributed by atoms with van der Waals surface area (Å²) in [7, 11) is 0. The fraction of sp³-hybridized carbons (Fsp3) is 0.632. The highest BCUT2D eigenvalue weighted by atomic mass is 19.1. The number of carbonyl (C=O) groups is 1. The molecule has 1 aromatic rings. The summed E-state index contributed by atoms with van der Waals surface area (Å²) in [5, 5.41) is 0. The van der Waals surface area contributed by atoms with Gasteiger partial charge in [0, 0.05) is 32.7 Å². The van der Waals surface area contributed by atoms with Crippen LogP contribution in [0, 0.1) is 5.82 Å². The zero-order valence-corrected chi connectivity index (χ0v) is 14.6. The van der Waals surface area contributed by atoms with Gasteiger partial charge in [0.2, 0.25) is 0 Å². The fourth-order valence-electron chi connectivity index (χ4n) is 3.85. The van der Waals surface area contributed by atoms with E-state index >= 15 is 0 Å². The van der Waals surface area contributed by atoms with Crippen molar-refractivity contribution in [1.82, 2.24) is 9.80 Å². The normalized spacial score (nSPS) is 24.5. The molecule has 132 valence electrons. The third-order valence-corrected chi connectivity index (χ3v) is 5.37. The molecule has 2 aliphatic rings. The molecule has 0 aromatic heterocycles. The van der Waals surface area contributed by atoms with E-state index in [9.17, 15) is 9.18 Å². The van der Waals surface area contributed by atoms with Crippen LogP contribution in [0.1, 0.15) is 32.3 Å². The molecule has 24 heavy (non-hydrogen) atoms. The number of likely N-dealkylation sites (tertiary alicyclic amines) is 1. The van der Waals surface area contributed by atoms with Gasteiger partial charge in [-0.15, -0.1) is 0 Å². The molecule has 4 nitrogen and oxygen atoms in total. The summed E-state index contributed by atoms with van der Waals surface area (Å²) in [6, 6.07) is 6.99. The van der Waals surface area contributed by atoms with E-state index < -0.39 is 0 Å². The van der Waals surface area contributed by atoms with Gasteiger partial charge in [0.05, 0.1) is 5.60 Å². The van der Waals surface area contributed by atoms with Gasteiger partial charge in [-0.05, 0) is 44.7 Å². The lowest BCUT2D eigenvalue weighted by atomic mass is 9.88. The van der Waals surface area contributed by atoms with E-state index in [-0.39, 0.29) is 23.4 Å². The molecule has 2 fully saturated rings. The van der Waals surface area contributed by atoms with E-state index in [1.165, 1.54) is 6.07 Å². The smallest absolute Gasteiger partial charge is 0.251 e. The third-order valence-electron chi connectivity index (χ3n) is 5.37. The Hall–Kier alpha value is -1.46. The van der Waals surface area contributed by atoms with Crippen LogP contribution >= 0.6 is 0 Å². The molecule has 2 heterocycles. The van der Waals surface area contributed by atoms with Crippen LogP contribution in [0.2, 0.25) is 0 Å². The van der Waals surface area contributed by atoms with Crippen molar-refractivity contribution >= 4 is 5.91 Å². The fourth-order valence-corrected chi connectivity index (χ4v) is 3.85. The highest BCUT2D eigenvalue weighted by molar-refractivity contribution is 5.81. The van der Waals surface area contributed by atoms with Crippen LogP contribution in [-0.4, -0.2) is 60.1 Å². The van der Waals surface area contributed by atoms with Crippen molar-refractivity contribution in [3.05, 3.63) is 35.6 Å². The van der Waals surface area contributed by atoms with E-state index in [2.05, 4.69) is 4.90 Å². The van der Waals surface area contributed by atoms with Crippen LogP contribution in [0.5, 0.6) is 0 Å². The molecular weight excluding hydrogens is 307 g/mol. The molecular formula is C19H27FN2O2. The Bertz CT molecular complexity index is 584. The van der Waals surface area contributed by atoms with Crippen molar-refractivity contribution in [3.63, 3.8) is 0 Å². The van der Waals surface area contributed by atoms with Gasteiger partial charge in [0.25, 0.3) is 5.91 Å². The monoisotopic (exact) mass is 334 g/mol. The maximum absolute atomic E-state index is 13.7. The molecule has 1 aromatic carbocycles. The van der Waals surface area contributed by atoms with Crippen LogP contribution in [0.4, 0.5) is 4.39 Å². The van der Waals surface area contributed by atoms with Crippen molar-refractivity contribution in [3.8, 4) is 0 Å². The number of piperidine rings is 1. The molecule has 2 aliphatic heterocycles. The standard InChI is InChI=1S/C19H27FN2O2/c1-3-22-14-19(24-15(2)18(22)23)9-12-21(13-10-19)11-8-16-6-4-5-7-17(16)20/h4-7,15H,3,8-14H2,1-2H3/t15-/m1/s1. The summed E-state index contributed by atoms with van der Waals surface area (Å²) >= 11 is 0. The second-order valence-electron chi connectivity index (χ2n) is 6.98. The van der Waals surface area contributed by atoms with Gasteiger partial charge in [0.15, 0.2) is 0 Å². The number of morpholine rings is 1. The van der Waals surface area contributed by atoms with E-state index in [0.717, 1.165) is 51.0 Å². The number of carbonyl (C=O) groups excluding carboxylic acids is 1. The van der Waals surface area contributed by atoms with Gasteiger partial charge in [-0.1, -0.05) is 18.2 Å². The Morgan fingerprint density at radius 1 is 1.29 bits per heavy atom. The van der Waals surface area contributed by atoms with Crippen molar-refractivity contribution in [2.45, 2.75) is 44.8 Å². The van der Waals surface area contributed by atoms with Crippen LogP contribution in [0.25, 0.3) is 0 Å². The molecule has 0 aliphatic carbocycles. The van der Waals surface area contributed by atoms with Gasteiger partial charge >= 0.3 is 0 Å². The number of amides is 1. The summed E-state index contributed by atoms with van der Waals surface area (Å²) in [6.07, 6.45) is 2.25. The Balaban J connectivity index is 1.54. The van der Waals surface area contributed by atoms with E-state index in [1.807, 2.05) is 30.9 Å². The first-order chi connectivity index (χ1) is 11.5. The van der Waals surface area contributed by atoms with Gasteiger partial charge in [-0.2, -0.15) is 0 Å². The number of halogens is 1. The number of nitrogens with zero attached hydrogens (tertiary/aromatic N) is 2. The lowest BCUT2D eigenvalue weighted by molar-refractivity contribution is -0.189. The first-order valence-corrected chi connectivity index (χ1v) is 8.95. The largest absolute Gasteiger partial charge is 0.360 e. The summed E-state index contributed by atoms with van der Waals surface area (Å²) < 4.78 is 19.8. The molecule has 1 spiro atoms. The molecule has 0 bridgehead atoms. The van der Waals surface area contributed by atoms with E-state index in [1.54, 1.807) is 6.07 Å². The van der Waals surface area contributed by atoms with E-state index in [4.69, 9.17) is 4.74 Å². The van der Waals surface area contributed by atoms with E-state index in [0.29, 0.717) is 6.54 Å². The number of ether oxygens (including phenoxy) is 1. The van der Waals surface area contributed by atoms with Crippen LogP contribution in [0.3, 0.4) is 0 Å². The number of rotatable bonds is 4. The minimum Gasteiger partial charge on any atom is -0.360 e. The molecule has 0 N–H and O–H groups in total. The minimum atomic E-state index is -0.344. The molecule has 3 rings (SSSR count). The van der Waals surface area contributed by atoms with Crippen molar-refractivity contribution < 1.29 is 13.9 Å². The number of likely N-dealkylation sites (N-methyl/N-ethyl adjacent to an activating group) is 1. The minimum absolute atomic E-state index is 0.102. The number of benzene rings is 1. The SMILES string of the molecule is CCN1CC2(CCN(CCc3ccccc3F)CC2)O[C@H](C)C1=O.